The minimum atomic E-state index is -1.09. The van der Waals surface area contributed by atoms with Crippen molar-refractivity contribution in [2.24, 2.45) is 5.41 Å². The van der Waals surface area contributed by atoms with Gasteiger partial charge in [-0.1, -0.05) is 13.8 Å². The molecule has 1 fully saturated rings. The first-order valence-corrected chi connectivity index (χ1v) is 6.38. The summed E-state index contributed by atoms with van der Waals surface area (Å²) < 4.78 is 0. The molecule has 0 aromatic carbocycles. The summed E-state index contributed by atoms with van der Waals surface area (Å²) in [4.78, 5) is 26.4. The lowest BCUT2D eigenvalue weighted by Crippen LogP contribution is -2.33. The first-order valence-electron chi connectivity index (χ1n) is 6.38. The maximum absolute atomic E-state index is 12.0. The van der Waals surface area contributed by atoms with Gasteiger partial charge in [0.15, 0.2) is 0 Å². The van der Waals surface area contributed by atoms with Gasteiger partial charge in [-0.2, -0.15) is 0 Å². The second-order valence-electron chi connectivity index (χ2n) is 5.81. The number of hydrogen-bond donors (Lipinski definition) is 2. The van der Waals surface area contributed by atoms with Crippen molar-refractivity contribution >= 4 is 11.9 Å². The Balaban J connectivity index is 1.99. The lowest BCUT2D eigenvalue weighted by atomic mass is 9.92. The van der Waals surface area contributed by atoms with E-state index in [1.54, 1.807) is 0 Å². The van der Waals surface area contributed by atoms with Crippen LogP contribution in [-0.4, -0.2) is 28.0 Å². The molecule has 0 aliphatic heterocycles. The van der Waals surface area contributed by atoms with Gasteiger partial charge in [-0.15, -0.1) is 0 Å². The fraction of sp³-hybridized carbons (Fsp3) is 0.500. The number of carbonyl (C=O) groups excluding carboxylic acids is 1. The van der Waals surface area contributed by atoms with Crippen LogP contribution in [0.3, 0.4) is 0 Å². The van der Waals surface area contributed by atoms with E-state index in [0.717, 1.165) is 19.3 Å². The Kier molecular flexibility index (Phi) is 3.55. The molecule has 2 rings (SSSR count). The molecule has 19 heavy (non-hydrogen) atoms. The summed E-state index contributed by atoms with van der Waals surface area (Å²) in [6.45, 7) is 4.39. The number of nitrogens with one attached hydrogen (secondary N) is 1. The summed E-state index contributed by atoms with van der Waals surface area (Å²) in [6.07, 6.45) is 4.37. The van der Waals surface area contributed by atoms with E-state index in [2.05, 4.69) is 24.1 Å². The van der Waals surface area contributed by atoms with E-state index >= 15 is 0 Å². The van der Waals surface area contributed by atoms with Gasteiger partial charge in [-0.3, -0.25) is 4.79 Å². The average molecular weight is 262 g/mol. The quantitative estimate of drug-likeness (QED) is 0.874. The molecule has 1 saturated carbocycles. The number of nitrogens with zero attached hydrogens (tertiary/aromatic N) is 1. The number of carboxylic acid groups (broad SMARTS) is 1. The van der Waals surface area contributed by atoms with Gasteiger partial charge in [0.05, 0.1) is 5.56 Å². The molecule has 1 aliphatic carbocycles. The molecular weight excluding hydrogens is 244 g/mol. The van der Waals surface area contributed by atoms with E-state index in [4.69, 9.17) is 5.11 Å². The predicted molar refractivity (Wildman–Crippen MR) is 70.1 cm³/mol. The highest BCUT2D eigenvalue weighted by Gasteiger charge is 2.31. The predicted octanol–water partition coefficient (Wildman–Crippen LogP) is 2.09. The van der Waals surface area contributed by atoms with E-state index < -0.39 is 5.97 Å². The zero-order valence-corrected chi connectivity index (χ0v) is 11.1. The smallest absolute Gasteiger partial charge is 0.354 e. The van der Waals surface area contributed by atoms with Gasteiger partial charge < -0.3 is 10.4 Å². The highest BCUT2D eigenvalue weighted by Crippen LogP contribution is 2.36. The van der Waals surface area contributed by atoms with Gasteiger partial charge in [-0.05, 0) is 36.8 Å². The molecule has 0 saturated heterocycles. The maximum atomic E-state index is 12.0. The van der Waals surface area contributed by atoms with Crippen molar-refractivity contribution in [2.75, 3.05) is 0 Å². The molecule has 1 atom stereocenters. The third-order valence-electron chi connectivity index (χ3n) is 3.55. The number of carbonyl (C=O) groups is 2. The molecular formula is C14H18N2O3. The summed E-state index contributed by atoms with van der Waals surface area (Å²) in [7, 11) is 0. The van der Waals surface area contributed by atoms with Crippen molar-refractivity contribution in [2.45, 2.75) is 39.2 Å². The van der Waals surface area contributed by atoms with E-state index in [9.17, 15) is 9.59 Å². The molecule has 0 radical (unpaired) electrons. The number of hydrogen-bond acceptors (Lipinski definition) is 3. The number of pyridine rings is 1. The van der Waals surface area contributed by atoms with Crippen LogP contribution in [0.1, 0.15) is 54.0 Å². The minimum absolute atomic E-state index is 0.0569. The Morgan fingerprint density at radius 2 is 2.16 bits per heavy atom. The van der Waals surface area contributed by atoms with Crippen LogP contribution in [0.4, 0.5) is 0 Å². The van der Waals surface area contributed by atoms with Crippen molar-refractivity contribution < 1.29 is 14.7 Å². The van der Waals surface area contributed by atoms with Crippen LogP contribution in [0.5, 0.6) is 0 Å². The normalized spacial score (nSPS) is 21.1. The lowest BCUT2D eigenvalue weighted by Gasteiger charge is -2.17. The standard InChI is InChI=1S/C14H18N2O3/c1-14(2)6-5-10(7-14)16-12(17)9-3-4-11(13(18)19)15-8-9/h3-4,8,10H,5-7H2,1-2H3,(H,16,17)(H,18,19). The SMILES string of the molecule is CC1(C)CCC(NC(=O)c2ccc(C(=O)O)nc2)C1. The van der Waals surface area contributed by atoms with E-state index in [-0.39, 0.29) is 23.1 Å². The summed E-state index contributed by atoms with van der Waals surface area (Å²) in [6, 6.07) is 3.03. The van der Waals surface area contributed by atoms with Crippen LogP contribution >= 0.6 is 0 Å². The summed E-state index contributed by atoms with van der Waals surface area (Å²) in [5, 5.41) is 11.7. The first-order chi connectivity index (χ1) is 8.87. The van der Waals surface area contributed by atoms with Crippen LogP contribution in [0, 0.1) is 5.41 Å². The number of carboxylic acids is 1. The van der Waals surface area contributed by atoms with Crippen LogP contribution in [0.25, 0.3) is 0 Å². The number of rotatable bonds is 3. The van der Waals surface area contributed by atoms with E-state index in [1.165, 1.54) is 18.3 Å². The second kappa shape index (κ2) is 4.99. The lowest BCUT2D eigenvalue weighted by molar-refractivity contribution is 0.0689. The van der Waals surface area contributed by atoms with Gasteiger partial charge in [-0.25, -0.2) is 9.78 Å². The molecule has 1 heterocycles. The van der Waals surface area contributed by atoms with Crippen molar-refractivity contribution in [3.8, 4) is 0 Å². The Hall–Kier alpha value is -1.91. The van der Waals surface area contributed by atoms with Crippen molar-refractivity contribution in [1.29, 1.82) is 0 Å². The Bertz CT molecular complexity index is 494. The highest BCUT2D eigenvalue weighted by atomic mass is 16.4. The monoisotopic (exact) mass is 262 g/mol. The number of amides is 1. The fourth-order valence-corrected chi connectivity index (χ4v) is 2.48. The Morgan fingerprint density at radius 3 is 2.63 bits per heavy atom. The topological polar surface area (TPSA) is 79.3 Å². The molecule has 1 unspecified atom stereocenters. The zero-order valence-electron chi connectivity index (χ0n) is 11.1. The van der Waals surface area contributed by atoms with Crippen molar-refractivity contribution in [3.05, 3.63) is 29.6 Å². The molecule has 1 aromatic heterocycles. The molecule has 1 aromatic rings. The average Bonchev–Trinajstić information content (AvgIpc) is 2.68. The van der Waals surface area contributed by atoms with Crippen molar-refractivity contribution in [1.82, 2.24) is 10.3 Å². The van der Waals surface area contributed by atoms with E-state index in [1.807, 2.05) is 0 Å². The maximum Gasteiger partial charge on any atom is 0.354 e. The van der Waals surface area contributed by atoms with Gasteiger partial charge >= 0.3 is 5.97 Å². The molecule has 5 heteroatoms. The molecule has 1 aliphatic rings. The Morgan fingerprint density at radius 1 is 1.42 bits per heavy atom. The van der Waals surface area contributed by atoms with Crippen LogP contribution in [0.2, 0.25) is 0 Å². The fourth-order valence-electron chi connectivity index (χ4n) is 2.48. The zero-order chi connectivity index (χ0) is 14.0. The first kappa shape index (κ1) is 13.5. The van der Waals surface area contributed by atoms with Crippen LogP contribution in [-0.2, 0) is 0 Å². The minimum Gasteiger partial charge on any atom is -0.477 e. The summed E-state index contributed by atoms with van der Waals surface area (Å²) in [5.74, 6) is -1.28. The van der Waals surface area contributed by atoms with Crippen molar-refractivity contribution in [3.63, 3.8) is 0 Å². The second-order valence-corrected chi connectivity index (χ2v) is 5.81. The number of aromatic nitrogens is 1. The summed E-state index contributed by atoms with van der Waals surface area (Å²) in [5.41, 5.74) is 0.622. The number of aromatic carboxylic acids is 1. The molecule has 1 amide bonds. The third kappa shape index (κ3) is 3.30. The largest absolute Gasteiger partial charge is 0.477 e. The highest BCUT2D eigenvalue weighted by molar-refractivity contribution is 5.95. The summed E-state index contributed by atoms with van der Waals surface area (Å²) >= 11 is 0. The van der Waals surface area contributed by atoms with E-state index in [0.29, 0.717) is 5.56 Å². The Labute approximate surface area is 112 Å². The molecule has 5 nitrogen and oxygen atoms in total. The van der Waals surface area contributed by atoms with Crippen LogP contribution in [0.15, 0.2) is 18.3 Å². The molecule has 0 bridgehead atoms. The molecule has 2 N–H and O–H groups in total. The van der Waals surface area contributed by atoms with Gasteiger partial charge in [0, 0.05) is 12.2 Å². The molecule has 102 valence electrons. The molecule has 0 spiro atoms. The van der Waals surface area contributed by atoms with Gasteiger partial charge in [0.25, 0.3) is 5.91 Å². The van der Waals surface area contributed by atoms with Gasteiger partial charge in [0.2, 0.25) is 0 Å². The van der Waals surface area contributed by atoms with Gasteiger partial charge in [0.1, 0.15) is 5.69 Å². The van der Waals surface area contributed by atoms with Crippen LogP contribution < -0.4 is 5.32 Å². The third-order valence-corrected chi connectivity index (χ3v) is 3.55.